The largest absolute Gasteiger partial charge is 0.443 e. The van der Waals surface area contributed by atoms with Gasteiger partial charge < -0.3 is 10.1 Å². The smallest absolute Gasteiger partial charge is 0.407 e. The topological polar surface area (TPSA) is 38.3 Å². The van der Waals surface area contributed by atoms with E-state index in [4.69, 9.17) is 4.74 Å². The molecule has 0 atom stereocenters. The third-order valence-electron chi connectivity index (χ3n) is 3.60. The molecule has 0 unspecified atom stereocenters. The van der Waals surface area contributed by atoms with Crippen LogP contribution in [0, 0.1) is 11.8 Å². The van der Waals surface area contributed by atoms with Crippen LogP contribution in [0.25, 0.3) is 0 Å². The van der Waals surface area contributed by atoms with E-state index in [1.165, 1.54) is 32.1 Å². The molecule has 1 N–H and O–H groups in total. The zero-order chi connectivity index (χ0) is 12.9. The van der Waals surface area contributed by atoms with Crippen LogP contribution in [0.3, 0.4) is 0 Å². The minimum atomic E-state index is -0.332. The molecule has 1 rings (SSSR count). The maximum absolute atomic E-state index is 11.7. The van der Waals surface area contributed by atoms with Gasteiger partial charge in [-0.25, -0.2) is 4.79 Å². The lowest BCUT2D eigenvalue weighted by atomic mass is 9.79. The zero-order valence-electron chi connectivity index (χ0n) is 11.7. The van der Waals surface area contributed by atoms with Crippen molar-refractivity contribution >= 4 is 6.09 Å². The number of alkyl carbamates (subject to hydrolysis) is 1. The van der Waals surface area contributed by atoms with E-state index in [9.17, 15) is 4.79 Å². The van der Waals surface area contributed by atoms with E-state index < -0.39 is 0 Å². The molecule has 1 saturated carbocycles. The summed E-state index contributed by atoms with van der Waals surface area (Å²) in [5, 5.41) is 2.82. The summed E-state index contributed by atoms with van der Waals surface area (Å²) >= 11 is 0. The first-order chi connectivity index (χ1) is 7.92. The normalized spacial score (nSPS) is 18.2. The summed E-state index contributed by atoms with van der Waals surface area (Å²) in [5.41, 5.74) is -0.332. The minimum Gasteiger partial charge on any atom is -0.443 e. The number of hydrogen-bond acceptors (Lipinski definition) is 2. The van der Waals surface area contributed by atoms with E-state index in [1.807, 2.05) is 13.8 Å². The fraction of sp³-hybridized carbons (Fsp3) is 0.929. The molecule has 0 aromatic heterocycles. The van der Waals surface area contributed by atoms with Crippen LogP contribution in [0.15, 0.2) is 0 Å². The number of carbonyl (C=O) groups excluding carboxylic acids is 1. The summed E-state index contributed by atoms with van der Waals surface area (Å²) in [6.45, 7) is 8.91. The van der Waals surface area contributed by atoms with Crippen molar-refractivity contribution in [1.29, 1.82) is 0 Å². The summed E-state index contributed by atoms with van der Waals surface area (Å²) in [7, 11) is 0. The number of rotatable bonds is 4. The van der Waals surface area contributed by atoms with Crippen molar-refractivity contribution in [2.45, 2.75) is 65.4 Å². The molecule has 17 heavy (non-hydrogen) atoms. The van der Waals surface area contributed by atoms with Gasteiger partial charge in [0.2, 0.25) is 0 Å². The Kier molecular flexibility index (Phi) is 5.29. The highest BCUT2D eigenvalue weighted by molar-refractivity contribution is 5.67. The second kappa shape index (κ2) is 6.27. The van der Waals surface area contributed by atoms with E-state index in [0.29, 0.717) is 18.4 Å². The summed E-state index contributed by atoms with van der Waals surface area (Å²) in [6.07, 6.45) is 5.96. The second-order valence-corrected chi connectivity index (χ2v) is 6.10. The van der Waals surface area contributed by atoms with Gasteiger partial charge in [-0.2, -0.15) is 0 Å². The maximum atomic E-state index is 11.7. The Morgan fingerprint density at radius 2 is 1.88 bits per heavy atom. The van der Waals surface area contributed by atoms with Crippen molar-refractivity contribution < 1.29 is 9.53 Å². The highest BCUT2D eigenvalue weighted by atomic mass is 16.6. The molecule has 0 aromatic rings. The summed E-state index contributed by atoms with van der Waals surface area (Å²) in [4.78, 5) is 11.7. The molecule has 0 aliphatic heterocycles. The molecule has 0 aromatic carbocycles. The van der Waals surface area contributed by atoms with Gasteiger partial charge in [0, 0.05) is 6.54 Å². The molecule has 3 heteroatoms. The monoisotopic (exact) mass is 241 g/mol. The van der Waals surface area contributed by atoms with Gasteiger partial charge >= 0.3 is 6.09 Å². The minimum absolute atomic E-state index is 0.269. The van der Waals surface area contributed by atoms with Crippen LogP contribution >= 0.6 is 0 Å². The second-order valence-electron chi connectivity index (χ2n) is 6.10. The molecule has 1 amide bonds. The van der Waals surface area contributed by atoms with Crippen molar-refractivity contribution in [1.82, 2.24) is 5.32 Å². The first kappa shape index (κ1) is 14.3. The number of hydrogen-bond donors (Lipinski definition) is 1. The Balaban J connectivity index is 2.38. The van der Waals surface area contributed by atoms with Gasteiger partial charge in [0.05, 0.1) is 0 Å². The van der Waals surface area contributed by atoms with Crippen molar-refractivity contribution in [3.63, 3.8) is 0 Å². The molecule has 1 fully saturated rings. The Labute approximate surface area is 105 Å². The van der Waals surface area contributed by atoms with Crippen LogP contribution in [-0.2, 0) is 4.74 Å². The van der Waals surface area contributed by atoms with E-state index in [0.717, 1.165) is 0 Å². The van der Waals surface area contributed by atoms with Crippen LogP contribution in [0.4, 0.5) is 4.79 Å². The lowest BCUT2D eigenvalue weighted by Crippen LogP contribution is -2.41. The fourth-order valence-electron chi connectivity index (χ4n) is 2.44. The van der Waals surface area contributed by atoms with Crippen LogP contribution in [0.1, 0.15) is 59.8 Å². The van der Waals surface area contributed by atoms with Gasteiger partial charge in [0.15, 0.2) is 0 Å². The van der Waals surface area contributed by atoms with Crippen molar-refractivity contribution in [3.05, 3.63) is 0 Å². The maximum Gasteiger partial charge on any atom is 0.407 e. The van der Waals surface area contributed by atoms with Gasteiger partial charge in [0.25, 0.3) is 0 Å². The SMILES string of the molecule is CC(C)CNC(=O)OC(C)(C)C1CCCCC1. The predicted octanol–water partition coefficient (Wildman–Crippen LogP) is 3.73. The lowest BCUT2D eigenvalue weighted by Gasteiger charge is -2.36. The van der Waals surface area contributed by atoms with Gasteiger partial charge in [-0.1, -0.05) is 33.1 Å². The van der Waals surface area contributed by atoms with E-state index in [-0.39, 0.29) is 11.7 Å². The molecule has 1 aliphatic rings. The van der Waals surface area contributed by atoms with E-state index >= 15 is 0 Å². The third-order valence-corrected chi connectivity index (χ3v) is 3.60. The Morgan fingerprint density at radius 3 is 2.41 bits per heavy atom. The summed E-state index contributed by atoms with van der Waals surface area (Å²) < 4.78 is 5.58. The van der Waals surface area contributed by atoms with Gasteiger partial charge in [-0.15, -0.1) is 0 Å². The summed E-state index contributed by atoms with van der Waals surface area (Å²) in [6, 6.07) is 0. The molecule has 0 saturated heterocycles. The molecule has 3 nitrogen and oxygen atoms in total. The van der Waals surface area contributed by atoms with Crippen LogP contribution in [0.5, 0.6) is 0 Å². The molecule has 1 aliphatic carbocycles. The van der Waals surface area contributed by atoms with Crippen LogP contribution in [0.2, 0.25) is 0 Å². The van der Waals surface area contributed by atoms with Gasteiger partial charge in [0.1, 0.15) is 5.60 Å². The zero-order valence-corrected chi connectivity index (χ0v) is 11.7. The Bertz CT molecular complexity index is 243. The molecular weight excluding hydrogens is 214 g/mol. The Hall–Kier alpha value is -0.730. The van der Waals surface area contributed by atoms with Gasteiger partial charge in [-0.3, -0.25) is 0 Å². The van der Waals surface area contributed by atoms with E-state index in [1.54, 1.807) is 0 Å². The predicted molar refractivity (Wildman–Crippen MR) is 70.0 cm³/mol. The number of carbonyl (C=O) groups is 1. The highest BCUT2D eigenvalue weighted by Crippen LogP contribution is 2.34. The summed E-state index contributed by atoms with van der Waals surface area (Å²) in [5.74, 6) is 0.974. The molecule has 0 spiro atoms. The quantitative estimate of drug-likeness (QED) is 0.814. The number of amides is 1. The fourth-order valence-corrected chi connectivity index (χ4v) is 2.44. The van der Waals surface area contributed by atoms with Crippen molar-refractivity contribution in [3.8, 4) is 0 Å². The lowest BCUT2D eigenvalue weighted by molar-refractivity contribution is -0.0187. The first-order valence-corrected chi connectivity index (χ1v) is 6.88. The molecule has 0 heterocycles. The van der Waals surface area contributed by atoms with Crippen LogP contribution < -0.4 is 5.32 Å². The standard InChI is InChI=1S/C14H27NO2/c1-11(2)10-15-13(16)17-14(3,4)12-8-6-5-7-9-12/h11-12H,5-10H2,1-4H3,(H,15,16). The number of nitrogens with one attached hydrogen (secondary N) is 1. The molecule has 100 valence electrons. The number of ether oxygens (including phenoxy) is 1. The molecule has 0 bridgehead atoms. The first-order valence-electron chi connectivity index (χ1n) is 6.88. The Morgan fingerprint density at radius 1 is 1.29 bits per heavy atom. The van der Waals surface area contributed by atoms with Crippen LogP contribution in [-0.4, -0.2) is 18.2 Å². The average Bonchev–Trinajstić information content (AvgIpc) is 2.27. The van der Waals surface area contributed by atoms with Gasteiger partial charge in [-0.05, 0) is 38.5 Å². The van der Waals surface area contributed by atoms with Crippen molar-refractivity contribution in [2.24, 2.45) is 11.8 Å². The average molecular weight is 241 g/mol. The van der Waals surface area contributed by atoms with E-state index in [2.05, 4.69) is 19.2 Å². The molecular formula is C14H27NO2. The highest BCUT2D eigenvalue weighted by Gasteiger charge is 2.34. The third kappa shape index (κ3) is 4.97. The molecule has 0 radical (unpaired) electrons. The van der Waals surface area contributed by atoms with Crippen molar-refractivity contribution in [2.75, 3.05) is 6.54 Å².